The van der Waals surface area contributed by atoms with Crippen LogP contribution >= 0.6 is 0 Å². The van der Waals surface area contributed by atoms with Crippen molar-refractivity contribution in [3.63, 3.8) is 0 Å². The van der Waals surface area contributed by atoms with Crippen LogP contribution in [0.1, 0.15) is 0 Å². The molecule has 1 aromatic heterocycles. The SMILES string of the molecule is CNC(=O)N/N=c1/n(C)c2ccc(OC)cc2n1C. The number of fused-ring (bicyclic) bond motifs is 1. The number of nitrogens with zero attached hydrogens (tertiary/aromatic N) is 3. The summed E-state index contributed by atoms with van der Waals surface area (Å²) in [5, 5.41) is 6.54. The van der Waals surface area contributed by atoms with E-state index in [-0.39, 0.29) is 6.03 Å². The van der Waals surface area contributed by atoms with Gasteiger partial charge in [0, 0.05) is 27.2 Å². The highest BCUT2D eigenvalue weighted by atomic mass is 16.5. The Kier molecular flexibility index (Phi) is 3.46. The van der Waals surface area contributed by atoms with Gasteiger partial charge in [-0.05, 0) is 12.1 Å². The zero-order valence-corrected chi connectivity index (χ0v) is 11.4. The van der Waals surface area contributed by atoms with E-state index in [9.17, 15) is 4.79 Å². The number of hydrogen-bond acceptors (Lipinski definition) is 3. The topological polar surface area (TPSA) is 72.6 Å². The maximum atomic E-state index is 11.2. The number of hydrogen-bond donors (Lipinski definition) is 2. The summed E-state index contributed by atoms with van der Waals surface area (Å²) in [6, 6.07) is 5.41. The molecule has 2 N–H and O–H groups in total. The molecule has 0 aliphatic carbocycles. The van der Waals surface area contributed by atoms with Crippen molar-refractivity contribution >= 4 is 17.1 Å². The number of ether oxygens (including phenoxy) is 1. The first kappa shape index (κ1) is 13.0. The highest BCUT2D eigenvalue weighted by Gasteiger charge is 2.07. The van der Waals surface area contributed by atoms with Gasteiger partial charge in [0.1, 0.15) is 5.75 Å². The van der Waals surface area contributed by atoms with E-state index in [0.29, 0.717) is 5.62 Å². The standard InChI is InChI=1S/C12H17N5O2/c1-13-11(18)14-15-12-16(2)9-6-5-8(19-4)7-10(9)17(12)3/h5-7H,1-4H3,(H2,13,14,18)/b15-12-. The molecule has 102 valence electrons. The van der Waals surface area contributed by atoms with E-state index in [0.717, 1.165) is 16.8 Å². The van der Waals surface area contributed by atoms with Crippen molar-refractivity contribution < 1.29 is 9.53 Å². The predicted octanol–water partition coefficient (Wildman–Crippen LogP) is 0.270. The molecule has 7 heteroatoms. The van der Waals surface area contributed by atoms with Crippen molar-refractivity contribution in [3.05, 3.63) is 23.8 Å². The Morgan fingerprint density at radius 3 is 2.58 bits per heavy atom. The summed E-state index contributed by atoms with van der Waals surface area (Å²) in [6.45, 7) is 0. The Morgan fingerprint density at radius 1 is 1.26 bits per heavy atom. The smallest absolute Gasteiger partial charge is 0.335 e. The monoisotopic (exact) mass is 263 g/mol. The number of amides is 2. The molecule has 0 unspecified atom stereocenters. The lowest BCUT2D eigenvalue weighted by Crippen LogP contribution is -2.33. The van der Waals surface area contributed by atoms with E-state index in [1.807, 2.05) is 41.4 Å². The van der Waals surface area contributed by atoms with Crippen LogP contribution in [0.25, 0.3) is 11.0 Å². The third-order valence-corrected chi connectivity index (χ3v) is 2.99. The maximum absolute atomic E-state index is 11.2. The summed E-state index contributed by atoms with van der Waals surface area (Å²) in [7, 11) is 6.94. The van der Waals surface area contributed by atoms with Gasteiger partial charge in [0.25, 0.3) is 0 Å². The number of methoxy groups -OCH3 is 1. The van der Waals surface area contributed by atoms with Crippen LogP contribution in [0.3, 0.4) is 0 Å². The van der Waals surface area contributed by atoms with E-state index in [2.05, 4.69) is 15.8 Å². The van der Waals surface area contributed by atoms with Crippen LogP contribution in [0.5, 0.6) is 5.75 Å². The largest absolute Gasteiger partial charge is 0.497 e. The van der Waals surface area contributed by atoms with Crippen LogP contribution in [0, 0.1) is 0 Å². The van der Waals surface area contributed by atoms with Crippen molar-refractivity contribution in [2.45, 2.75) is 0 Å². The van der Waals surface area contributed by atoms with Crippen LogP contribution in [0.4, 0.5) is 4.79 Å². The molecule has 1 heterocycles. The first-order valence-electron chi connectivity index (χ1n) is 5.79. The predicted molar refractivity (Wildman–Crippen MR) is 71.6 cm³/mol. The van der Waals surface area contributed by atoms with Gasteiger partial charge < -0.3 is 19.2 Å². The number of imidazole rings is 1. The third kappa shape index (κ3) is 2.26. The van der Waals surface area contributed by atoms with Crippen molar-refractivity contribution in [3.8, 4) is 5.75 Å². The molecule has 2 amide bonds. The third-order valence-electron chi connectivity index (χ3n) is 2.99. The van der Waals surface area contributed by atoms with Gasteiger partial charge in [-0.2, -0.15) is 0 Å². The van der Waals surface area contributed by atoms with Gasteiger partial charge in [-0.25, -0.2) is 10.2 Å². The molecule has 0 atom stereocenters. The average Bonchev–Trinajstić information content (AvgIpc) is 2.68. The Morgan fingerprint density at radius 2 is 1.95 bits per heavy atom. The molecule has 2 aromatic rings. The molecule has 1 aromatic carbocycles. The maximum Gasteiger partial charge on any atom is 0.335 e. The van der Waals surface area contributed by atoms with Crippen molar-refractivity contribution in [2.24, 2.45) is 19.2 Å². The first-order chi connectivity index (χ1) is 9.08. The molecule has 0 radical (unpaired) electrons. The van der Waals surface area contributed by atoms with E-state index in [1.165, 1.54) is 7.05 Å². The van der Waals surface area contributed by atoms with Crippen LogP contribution in [0.15, 0.2) is 23.3 Å². The summed E-state index contributed by atoms with van der Waals surface area (Å²) in [5.41, 5.74) is 5.03. The zero-order valence-electron chi connectivity index (χ0n) is 11.4. The molecule has 2 rings (SSSR count). The minimum Gasteiger partial charge on any atom is -0.497 e. The van der Waals surface area contributed by atoms with E-state index in [1.54, 1.807) is 7.11 Å². The van der Waals surface area contributed by atoms with Crippen molar-refractivity contribution in [1.82, 2.24) is 19.9 Å². The van der Waals surface area contributed by atoms with Gasteiger partial charge in [-0.15, -0.1) is 5.10 Å². The molecule has 0 saturated carbocycles. The van der Waals surface area contributed by atoms with Crippen LogP contribution in [-0.4, -0.2) is 29.3 Å². The highest BCUT2D eigenvalue weighted by molar-refractivity contribution is 5.77. The fourth-order valence-corrected chi connectivity index (χ4v) is 1.93. The van der Waals surface area contributed by atoms with E-state index in [4.69, 9.17) is 4.74 Å². The number of benzene rings is 1. The summed E-state index contributed by atoms with van der Waals surface area (Å²) < 4.78 is 8.99. The lowest BCUT2D eigenvalue weighted by molar-refractivity contribution is 0.242. The van der Waals surface area contributed by atoms with Crippen molar-refractivity contribution in [2.75, 3.05) is 14.2 Å². The summed E-state index contributed by atoms with van der Waals surface area (Å²) in [5.74, 6) is 0.777. The molecule has 0 saturated heterocycles. The highest BCUT2D eigenvalue weighted by Crippen LogP contribution is 2.18. The molecular formula is C12H17N5O2. The number of aryl methyl sites for hydroxylation is 2. The first-order valence-corrected chi connectivity index (χ1v) is 5.79. The van der Waals surface area contributed by atoms with E-state index >= 15 is 0 Å². The van der Waals surface area contributed by atoms with Crippen molar-refractivity contribution in [1.29, 1.82) is 0 Å². The van der Waals surface area contributed by atoms with Gasteiger partial charge in [0.15, 0.2) is 0 Å². The average molecular weight is 263 g/mol. The fourth-order valence-electron chi connectivity index (χ4n) is 1.93. The number of aromatic nitrogens is 2. The zero-order chi connectivity index (χ0) is 14.0. The number of rotatable bonds is 2. The second kappa shape index (κ2) is 5.05. The lowest BCUT2D eigenvalue weighted by Gasteiger charge is -2.00. The van der Waals surface area contributed by atoms with Gasteiger partial charge in [0.05, 0.1) is 18.1 Å². The number of carbonyl (C=O) groups is 1. The molecular weight excluding hydrogens is 246 g/mol. The molecule has 7 nitrogen and oxygen atoms in total. The van der Waals surface area contributed by atoms with Crippen LogP contribution in [-0.2, 0) is 14.1 Å². The van der Waals surface area contributed by atoms with Crippen LogP contribution in [0.2, 0.25) is 0 Å². The van der Waals surface area contributed by atoms with E-state index < -0.39 is 0 Å². The summed E-state index contributed by atoms with van der Waals surface area (Å²) in [4.78, 5) is 11.2. The lowest BCUT2D eigenvalue weighted by atomic mass is 10.3. The fraction of sp³-hybridized carbons (Fsp3) is 0.333. The Hall–Kier alpha value is -2.44. The number of nitrogens with one attached hydrogen (secondary N) is 2. The van der Waals surface area contributed by atoms with Gasteiger partial charge in [-0.1, -0.05) is 0 Å². The minimum absolute atomic E-state index is 0.358. The number of urea groups is 1. The summed E-state index contributed by atoms with van der Waals surface area (Å²) >= 11 is 0. The van der Waals surface area contributed by atoms with Crippen LogP contribution < -0.4 is 21.1 Å². The Balaban J connectivity index is 2.59. The molecule has 0 bridgehead atoms. The molecule has 19 heavy (non-hydrogen) atoms. The quantitative estimate of drug-likeness (QED) is 0.763. The second-order valence-electron chi connectivity index (χ2n) is 4.08. The molecule has 0 spiro atoms. The van der Waals surface area contributed by atoms with Gasteiger partial charge in [-0.3, -0.25) is 0 Å². The minimum atomic E-state index is -0.358. The van der Waals surface area contributed by atoms with Gasteiger partial charge in [0.2, 0.25) is 5.62 Å². The number of carbonyl (C=O) groups excluding carboxylic acids is 1. The molecule has 0 aliphatic rings. The Bertz CT molecular complexity index is 683. The van der Waals surface area contributed by atoms with Gasteiger partial charge >= 0.3 is 6.03 Å². The molecule has 0 aliphatic heterocycles. The summed E-state index contributed by atoms with van der Waals surface area (Å²) in [6.07, 6.45) is 0. The Labute approximate surface area is 110 Å². The second-order valence-corrected chi connectivity index (χ2v) is 4.08. The molecule has 0 fully saturated rings. The normalized spacial score (nSPS) is 11.7.